The number of rotatable bonds is 6. The van der Waals surface area contributed by atoms with Crippen molar-refractivity contribution in [2.24, 2.45) is 10.8 Å². The average Bonchev–Trinajstić information content (AvgIpc) is 3.13. The molecule has 1 heterocycles. The van der Waals surface area contributed by atoms with Gasteiger partial charge in [-0.3, -0.25) is 9.00 Å². The van der Waals surface area contributed by atoms with Crippen LogP contribution in [0.5, 0.6) is 0 Å². The topological polar surface area (TPSA) is 52.0 Å². The van der Waals surface area contributed by atoms with Crippen LogP contribution in [0.25, 0.3) is 5.70 Å². The maximum absolute atomic E-state index is 14.5. The highest BCUT2D eigenvalue weighted by Gasteiger charge is 2.42. The minimum Gasteiger partial charge on any atom is -0.293 e. The molecule has 1 saturated carbocycles. The minimum absolute atomic E-state index is 0.0456. The lowest BCUT2D eigenvalue weighted by molar-refractivity contribution is -0.122. The zero-order chi connectivity index (χ0) is 23.4. The van der Waals surface area contributed by atoms with Gasteiger partial charge in [0.15, 0.2) is 5.78 Å². The molecule has 0 saturated heterocycles. The quantitative estimate of drug-likeness (QED) is 0.322. The number of Topliss-reactive ketones (excluding diaryl/α,β-unsaturated/α-hetero) is 1. The first kappa shape index (κ1) is 24.5. The van der Waals surface area contributed by atoms with Crippen molar-refractivity contribution in [3.8, 4) is 0 Å². The summed E-state index contributed by atoms with van der Waals surface area (Å²) in [6, 6.07) is 12.1. The molecule has 0 unspecified atom stereocenters. The fourth-order valence-corrected chi connectivity index (χ4v) is 6.08. The molecule has 32 heavy (non-hydrogen) atoms. The summed E-state index contributed by atoms with van der Waals surface area (Å²) in [6.07, 6.45) is 15.7. The van der Waals surface area contributed by atoms with Crippen molar-refractivity contribution in [1.29, 1.82) is 0 Å². The maximum atomic E-state index is 14.5. The number of aromatic nitrogens is 2. The van der Waals surface area contributed by atoms with E-state index in [0.29, 0.717) is 17.0 Å². The maximum Gasteiger partial charge on any atom is 0.179 e. The van der Waals surface area contributed by atoms with Crippen LogP contribution in [0.15, 0.2) is 54.9 Å². The second-order valence-electron chi connectivity index (χ2n) is 10.6. The summed E-state index contributed by atoms with van der Waals surface area (Å²) in [4.78, 5) is 15.0. The van der Waals surface area contributed by atoms with Crippen LogP contribution in [0.1, 0.15) is 64.9 Å². The van der Waals surface area contributed by atoms with Crippen LogP contribution in [-0.4, -0.2) is 37.1 Å². The van der Waals surface area contributed by atoms with Gasteiger partial charge in [0.1, 0.15) is 0 Å². The summed E-state index contributed by atoms with van der Waals surface area (Å²) in [5, 5.41) is 4.44. The lowest BCUT2D eigenvalue weighted by atomic mass is 9.70. The van der Waals surface area contributed by atoms with Crippen molar-refractivity contribution < 1.29 is 9.00 Å². The number of allylic oxidation sites excluding steroid dienone is 2. The summed E-state index contributed by atoms with van der Waals surface area (Å²) in [5.41, 5.74) is 1.10. The first-order valence-corrected chi connectivity index (χ1v) is 14.0. The number of nitrogens with zero attached hydrogens (tertiary/aromatic N) is 2. The van der Waals surface area contributed by atoms with E-state index < -0.39 is 14.9 Å². The molecule has 0 aliphatic heterocycles. The highest BCUT2D eigenvalue weighted by Crippen LogP contribution is 2.41. The number of hydrogen-bond donors (Lipinski definition) is 0. The van der Waals surface area contributed by atoms with Gasteiger partial charge in [-0.25, -0.2) is 4.68 Å². The second-order valence-corrected chi connectivity index (χ2v) is 13.5. The van der Waals surface area contributed by atoms with Gasteiger partial charge in [0.25, 0.3) is 0 Å². The predicted molar refractivity (Wildman–Crippen MR) is 136 cm³/mol. The molecule has 1 aromatic carbocycles. The van der Waals surface area contributed by atoms with E-state index >= 15 is 0 Å². The van der Waals surface area contributed by atoms with Gasteiger partial charge in [-0.1, -0.05) is 82.9 Å². The standard InChI is InChI=1S/C27H38N2O2S/c1-26(2,3)21-23(29-19-13-18-28-29)24(32(4,5)31)25(30)27(16-11-6-7-12-17-27)20-22-14-9-8-10-15-22/h8-10,13-15,18-19,21H,6-7,11-12,16-17,20H2,1-5H3/b23-21+. The lowest BCUT2D eigenvalue weighted by Crippen LogP contribution is -2.42. The van der Waals surface area contributed by atoms with Gasteiger partial charge in [0.2, 0.25) is 0 Å². The van der Waals surface area contributed by atoms with E-state index in [1.165, 1.54) is 5.56 Å². The molecule has 0 amide bonds. The molecule has 0 N–H and O–H groups in total. The fourth-order valence-electron chi connectivity index (χ4n) is 4.77. The molecule has 5 heteroatoms. The molecule has 4 nitrogen and oxygen atoms in total. The first-order valence-electron chi connectivity index (χ1n) is 11.7. The van der Waals surface area contributed by atoms with Crippen LogP contribution < -0.4 is 0 Å². The Balaban J connectivity index is 2.20. The zero-order valence-electron chi connectivity index (χ0n) is 20.3. The number of carbonyl (C=O) groups excluding carboxylic acids is 1. The smallest absolute Gasteiger partial charge is 0.179 e. The molecule has 2 aromatic rings. The van der Waals surface area contributed by atoms with E-state index in [1.807, 2.05) is 36.5 Å². The molecule has 3 rings (SSSR count). The molecule has 1 aliphatic rings. The third kappa shape index (κ3) is 6.00. The van der Waals surface area contributed by atoms with Gasteiger partial charge in [0, 0.05) is 30.3 Å². The van der Waals surface area contributed by atoms with Gasteiger partial charge < -0.3 is 0 Å². The van der Waals surface area contributed by atoms with Gasteiger partial charge in [-0.05, 0) is 45.8 Å². The fraction of sp³-hybridized carbons (Fsp3) is 0.519. The van der Waals surface area contributed by atoms with Gasteiger partial charge in [-0.2, -0.15) is 5.10 Å². The summed E-state index contributed by atoms with van der Waals surface area (Å²) in [6.45, 7) is 6.28. The number of ketones is 1. The van der Waals surface area contributed by atoms with E-state index in [4.69, 9.17) is 0 Å². The van der Waals surface area contributed by atoms with Gasteiger partial charge in [-0.15, -0.1) is 0 Å². The van der Waals surface area contributed by atoms with E-state index in [-0.39, 0.29) is 11.2 Å². The monoisotopic (exact) mass is 454 g/mol. The van der Waals surface area contributed by atoms with Crippen LogP contribution in [0.2, 0.25) is 0 Å². The average molecular weight is 455 g/mol. The molecule has 0 spiro atoms. The normalized spacial score (nSPS) is 17.6. The van der Waals surface area contributed by atoms with Crippen molar-refractivity contribution in [2.75, 3.05) is 12.5 Å². The lowest BCUT2D eigenvalue weighted by Gasteiger charge is -2.34. The molecule has 174 valence electrons. The summed E-state index contributed by atoms with van der Waals surface area (Å²) >= 11 is 0. The Hall–Kier alpha value is -2.14. The summed E-state index contributed by atoms with van der Waals surface area (Å²) in [7, 11) is -2.57. The van der Waals surface area contributed by atoms with E-state index in [9.17, 15) is 9.00 Å². The predicted octanol–water partition coefficient (Wildman–Crippen LogP) is 5.64. The van der Waals surface area contributed by atoms with E-state index in [1.54, 1.807) is 23.4 Å². The molecular formula is C27H38N2O2S. The molecule has 1 fully saturated rings. The highest BCUT2D eigenvalue weighted by molar-refractivity contribution is 8.03. The molecule has 1 aromatic heterocycles. The van der Waals surface area contributed by atoms with E-state index in [0.717, 1.165) is 38.5 Å². The third-order valence-corrected chi connectivity index (χ3v) is 7.56. The Morgan fingerprint density at radius 3 is 2.19 bits per heavy atom. The number of hydrogen-bond acceptors (Lipinski definition) is 3. The Labute approximate surface area is 194 Å². The first-order chi connectivity index (χ1) is 15.0. The van der Waals surface area contributed by atoms with Gasteiger partial charge >= 0.3 is 0 Å². The largest absolute Gasteiger partial charge is 0.293 e. The molecular weight excluding hydrogens is 416 g/mol. The van der Waals surface area contributed by atoms with E-state index in [2.05, 4.69) is 38.0 Å². The zero-order valence-corrected chi connectivity index (χ0v) is 21.1. The second kappa shape index (κ2) is 9.78. The summed E-state index contributed by atoms with van der Waals surface area (Å²) < 4.78 is 15.5. The molecule has 0 atom stereocenters. The molecule has 0 radical (unpaired) electrons. The van der Waals surface area contributed by atoms with Crippen molar-refractivity contribution in [1.82, 2.24) is 9.78 Å². The van der Waals surface area contributed by atoms with Gasteiger partial charge in [0.05, 0.1) is 10.6 Å². The van der Waals surface area contributed by atoms with Crippen molar-refractivity contribution in [3.05, 3.63) is 60.4 Å². The number of carbonyl (C=O) groups is 1. The van der Waals surface area contributed by atoms with Crippen LogP contribution in [0, 0.1) is 10.8 Å². The van der Waals surface area contributed by atoms with Crippen LogP contribution in [0.3, 0.4) is 0 Å². The Morgan fingerprint density at radius 1 is 1.06 bits per heavy atom. The molecule has 1 aliphatic carbocycles. The minimum atomic E-state index is -2.57. The highest BCUT2D eigenvalue weighted by atomic mass is 32.2. The number of benzene rings is 1. The Morgan fingerprint density at radius 2 is 1.69 bits per heavy atom. The molecule has 0 bridgehead atoms. The van der Waals surface area contributed by atoms with Crippen molar-refractivity contribution >= 4 is 25.9 Å². The Kier molecular flexibility index (Phi) is 7.49. The van der Waals surface area contributed by atoms with Crippen LogP contribution in [-0.2, 0) is 20.7 Å². The van der Waals surface area contributed by atoms with Crippen LogP contribution in [0.4, 0.5) is 0 Å². The summed E-state index contributed by atoms with van der Waals surface area (Å²) in [5.74, 6) is 0.0456. The van der Waals surface area contributed by atoms with Crippen molar-refractivity contribution in [3.63, 3.8) is 0 Å². The van der Waals surface area contributed by atoms with Crippen molar-refractivity contribution in [2.45, 2.75) is 65.7 Å². The SMILES string of the molecule is CC(C)(C)/C=C(\C(C(=O)C1(Cc2ccccc2)CCCCCC1)=S(C)(C)=O)n1cccn1. The Bertz CT molecular complexity index is 1050. The third-order valence-electron chi connectivity index (χ3n) is 6.18. The van der Waals surface area contributed by atoms with Crippen LogP contribution >= 0.6 is 0 Å².